The van der Waals surface area contributed by atoms with Gasteiger partial charge in [0.15, 0.2) is 0 Å². The van der Waals surface area contributed by atoms with E-state index in [4.69, 9.17) is 0 Å². The summed E-state index contributed by atoms with van der Waals surface area (Å²) in [5.41, 5.74) is -2.39. The zero-order valence-electron chi connectivity index (χ0n) is 28.8. The van der Waals surface area contributed by atoms with E-state index in [2.05, 4.69) is 0 Å². The van der Waals surface area contributed by atoms with Gasteiger partial charge in [-0.15, -0.1) is 0 Å². The average Bonchev–Trinajstić information content (AvgIpc) is 3.64. The number of fused-ring (bicyclic) bond motifs is 2. The Bertz CT molecular complexity index is 2750. The van der Waals surface area contributed by atoms with Gasteiger partial charge in [-0.05, 0) is 84.6 Å². The first kappa shape index (κ1) is 37.5. The molecule has 0 saturated carbocycles. The second kappa shape index (κ2) is 13.5. The van der Waals surface area contributed by atoms with Crippen molar-refractivity contribution in [3.8, 4) is 34.7 Å². The fraction of sp³-hybridized carbons (Fsp3) is 0.0952. The zero-order valence-corrected chi connectivity index (χ0v) is 28.8. The second-order valence-electron chi connectivity index (χ2n) is 12.9. The van der Waals surface area contributed by atoms with E-state index in [9.17, 15) is 45.6 Å². The quantitative estimate of drug-likeness (QED) is 0.167. The van der Waals surface area contributed by atoms with Crippen molar-refractivity contribution < 1.29 is 43.9 Å². The fourth-order valence-electron chi connectivity index (χ4n) is 7.00. The molecule has 3 heterocycles. The highest BCUT2D eigenvalue weighted by molar-refractivity contribution is 5.95. The van der Waals surface area contributed by atoms with Gasteiger partial charge in [-0.25, -0.2) is 17.6 Å². The number of hydrogen-bond acceptors (Lipinski definition) is 2. The number of nitrogens with zero attached hydrogens (tertiary/aromatic N) is 4. The molecular formula is C42H22F10N4. The molecule has 0 bridgehead atoms. The summed E-state index contributed by atoms with van der Waals surface area (Å²) in [7, 11) is 0. The zero-order chi connectivity index (χ0) is 40.4. The molecule has 3 aromatic heterocycles. The standard InChI is InChI=1S/C42H22F10N4/c1-21-19-55-38(30-14-12-28(44)16-34(30)46)40-36(32(18-54)24-5-9-26(10-6-24)42(50,51)52)22(2)20-56(40)37(29-13-11-27(43)15-33(29)45)39(55)35(21)31(17-53)23-3-7-25(8-4-23)41(47,48)49/h3-16,19-20H,1-2H3/b35-31+,36-32+. The van der Waals surface area contributed by atoms with Gasteiger partial charge in [0.1, 0.15) is 35.4 Å². The van der Waals surface area contributed by atoms with E-state index in [-0.39, 0.29) is 77.4 Å². The van der Waals surface area contributed by atoms with Crippen LogP contribution in [0.4, 0.5) is 43.9 Å². The number of hydrogen-bond donors (Lipinski definition) is 0. The van der Waals surface area contributed by atoms with Gasteiger partial charge in [-0.1, -0.05) is 24.3 Å². The highest BCUT2D eigenvalue weighted by Gasteiger charge is 2.32. The van der Waals surface area contributed by atoms with Gasteiger partial charge >= 0.3 is 12.4 Å². The third-order valence-electron chi connectivity index (χ3n) is 9.42. The van der Waals surface area contributed by atoms with Crippen molar-refractivity contribution in [2.24, 2.45) is 0 Å². The number of rotatable bonds is 4. The Labute approximate surface area is 310 Å². The van der Waals surface area contributed by atoms with Gasteiger partial charge in [0, 0.05) is 46.1 Å². The van der Waals surface area contributed by atoms with Crippen molar-refractivity contribution in [1.29, 1.82) is 10.5 Å². The molecule has 7 aromatic rings. The predicted octanol–water partition coefficient (Wildman–Crippen LogP) is 10.2. The van der Waals surface area contributed by atoms with Gasteiger partial charge < -0.3 is 8.80 Å². The van der Waals surface area contributed by atoms with Crippen LogP contribution in [0.2, 0.25) is 0 Å². The van der Waals surface area contributed by atoms with Crippen molar-refractivity contribution >= 4 is 22.2 Å². The molecule has 0 N–H and O–H groups in total. The first-order chi connectivity index (χ1) is 26.4. The number of aryl methyl sites for hydroxylation is 2. The summed E-state index contributed by atoms with van der Waals surface area (Å²) in [5.74, 6) is -4.08. The maximum atomic E-state index is 16.1. The summed E-state index contributed by atoms with van der Waals surface area (Å²) in [5, 5.41) is 21.3. The molecule has 4 aromatic carbocycles. The highest BCUT2D eigenvalue weighted by atomic mass is 19.4. The number of aromatic nitrogens is 2. The Balaban J connectivity index is 1.78. The Morgan fingerprint density at radius 3 is 1.14 bits per heavy atom. The molecule has 56 heavy (non-hydrogen) atoms. The number of alkyl halides is 6. The Kier molecular flexibility index (Phi) is 9.04. The van der Waals surface area contributed by atoms with Crippen LogP contribution in [0.3, 0.4) is 0 Å². The van der Waals surface area contributed by atoms with E-state index < -0.39 is 46.7 Å². The van der Waals surface area contributed by atoms with Crippen molar-refractivity contribution in [1.82, 2.24) is 8.80 Å². The van der Waals surface area contributed by atoms with Crippen LogP contribution >= 0.6 is 0 Å². The van der Waals surface area contributed by atoms with Crippen LogP contribution in [-0.2, 0) is 12.4 Å². The summed E-state index contributed by atoms with van der Waals surface area (Å²) in [6, 6.07) is 16.8. The lowest BCUT2D eigenvalue weighted by Crippen LogP contribution is -2.16. The molecule has 4 nitrogen and oxygen atoms in total. The van der Waals surface area contributed by atoms with E-state index in [0.717, 1.165) is 72.8 Å². The van der Waals surface area contributed by atoms with Crippen LogP contribution in [0.25, 0.3) is 44.7 Å². The van der Waals surface area contributed by atoms with Crippen molar-refractivity contribution in [3.05, 3.63) is 164 Å². The Morgan fingerprint density at radius 1 is 0.518 bits per heavy atom. The molecule has 0 aliphatic carbocycles. The van der Waals surface area contributed by atoms with Gasteiger partial charge in [0.25, 0.3) is 0 Å². The third kappa shape index (κ3) is 6.23. The molecule has 280 valence electrons. The summed E-state index contributed by atoms with van der Waals surface area (Å²) in [6.45, 7) is 3.08. The van der Waals surface area contributed by atoms with Crippen molar-refractivity contribution in [2.45, 2.75) is 26.2 Å². The SMILES string of the molecule is Cc1cn2c(-c3ccc(F)cc3F)c3/c(=C(\C#N)c4ccc(C(F)(F)F)cc4)c(C)cn3c(-c3ccc(F)cc3F)c2/c1=C(\C#N)c1ccc(C(F)(F)F)cc1. The van der Waals surface area contributed by atoms with E-state index in [1.54, 1.807) is 0 Å². The molecule has 0 amide bonds. The lowest BCUT2D eigenvalue weighted by Gasteiger charge is -2.18. The topological polar surface area (TPSA) is 56.4 Å². The lowest BCUT2D eigenvalue weighted by molar-refractivity contribution is -0.138. The fourth-order valence-corrected chi connectivity index (χ4v) is 7.00. The summed E-state index contributed by atoms with van der Waals surface area (Å²) < 4.78 is 145. The van der Waals surface area contributed by atoms with Gasteiger partial charge in [-0.3, -0.25) is 0 Å². The molecule has 7 rings (SSSR count). The largest absolute Gasteiger partial charge is 0.416 e. The maximum absolute atomic E-state index is 16.1. The molecule has 0 unspecified atom stereocenters. The minimum Gasteiger partial charge on any atom is -0.312 e. The molecule has 0 aliphatic rings. The molecule has 0 aliphatic heterocycles. The smallest absolute Gasteiger partial charge is 0.312 e. The van der Waals surface area contributed by atoms with Crippen LogP contribution in [0.5, 0.6) is 0 Å². The minimum atomic E-state index is -4.69. The summed E-state index contributed by atoms with van der Waals surface area (Å²) in [6.07, 6.45) is -6.52. The van der Waals surface area contributed by atoms with Crippen LogP contribution in [0, 0.1) is 59.8 Å². The van der Waals surface area contributed by atoms with E-state index in [0.29, 0.717) is 12.1 Å². The molecule has 0 atom stereocenters. The average molecular weight is 773 g/mol. The normalized spacial score (nSPS) is 13.2. The van der Waals surface area contributed by atoms with Gasteiger partial charge in [0.05, 0.1) is 44.7 Å². The van der Waals surface area contributed by atoms with Crippen molar-refractivity contribution in [2.75, 3.05) is 0 Å². The number of nitriles is 2. The Morgan fingerprint density at radius 2 is 0.857 bits per heavy atom. The van der Waals surface area contributed by atoms with Crippen LogP contribution < -0.4 is 10.4 Å². The maximum Gasteiger partial charge on any atom is 0.416 e. The molecule has 0 spiro atoms. The van der Waals surface area contributed by atoms with Crippen LogP contribution in [0.1, 0.15) is 33.4 Å². The van der Waals surface area contributed by atoms with Gasteiger partial charge in [-0.2, -0.15) is 36.9 Å². The van der Waals surface area contributed by atoms with E-state index in [1.165, 1.54) is 35.0 Å². The second-order valence-corrected chi connectivity index (χ2v) is 12.9. The summed E-state index contributed by atoms with van der Waals surface area (Å²) in [4.78, 5) is 0. The third-order valence-corrected chi connectivity index (χ3v) is 9.42. The van der Waals surface area contributed by atoms with Crippen molar-refractivity contribution in [3.63, 3.8) is 0 Å². The monoisotopic (exact) mass is 772 g/mol. The highest BCUT2D eigenvalue weighted by Crippen LogP contribution is 2.37. The molecule has 0 radical (unpaired) electrons. The minimum absolute atomic E-state index is 0.00901. The van der Waals surface area contributed by atoms with Crippen LogP contribution in [0.15, 0.2) is 97.3 Å². The lowest BCUT2D eigenvalue weighted by atomic mass is 9.98. The molecule has 14 heteroatoms. The van der Waals surface area contributed by atoms with Gasteiger partial charge in [0.2, 0.25) is 0 Å². The predicted molar refractivity (Wildman–Crippen MR) is 187 cm³/mol. The van der Waals surface area contributed by atoms with E-state index >= 15 is 8.78 Å². The number of benzene rings is 4. The van der Waals surface area contributed by atoms with Crippen LogP contribution in [-0.4, -0.2) is 8.80 Å². The summed E-state index contributed by atoms with van der Waals surface area (Å²) >= 11 is 0. The first-order valence-corrected chi connectivity index (χ1v) is 16.4. The molecular weight excluding hydrogens is 750 g/mol. The molecule has 0 saturated heterocycles. The number of halogens is 10. The van der Waals surface area contributed by atoms with E-state index in [1.807, 2.05) is 12.1 Å². The first-order valence-electron chi connectivity index (χ1n) is 16.4. The molecule has 0 fully saturated rings. The Hall–Kier alpha value is -6.80.